The van der Waals surface area contributed by atoms with Gasteiger partial charge >= 0.3 is 5.97 Å². The van der Waals surface area contributed by atoms with Gasteiger partial charge in [0.1, 0.15) is 6.54 Å². The molecule has 0 fully saturated rings. The van der Waals surface area contributed by atoms with E-state index in [1.165, 1.54) is 11.0 Å². The number of fused-ring (bicyclic) bond motifs is 1. The number of nitrogens with two attached hydrogens (primary N) is 1. The predicted octanol–water partition coefficient (Wildman–Crippen LogP) is -0.637. The van der Waals surface area contributed by atoms with Gasteiger partial charge in [0, 0.05) is 22.1 Å². The zero-order chi connectivity index (χ0) is 25.8. The van der Waals surface area contributed by atoms with Crippen molar-refractivity contribution in [1.29, 1.82) is 0 Å². The van der Waals surface area contributed by atoms with Crippen LogP contribution < -0.4 is 46.4 Å². The van der Waals surface area contributed by atoms with Crippen molar-refractivity contribution in [3.8, 4) is 34.1 Å². The van der Waals surface area contributed by atoms with Crippen molar-refractivity contribution in [3.05, 3.63) is 54.2 Å². The topological polar surface area (TPSA) is 124 Å². The van der Waals surface area contributed by atoms with Crippen LogP contribution in [-0.4, -0.2) is 55.8 Å². The molecule has 0 saturated heterocycles. The number of nitrogen functional groups attached to an aromatic ring is 1. The largest absolute Gasteiger partial charge is 1.00 e. The number of aromatic nitrogens is 4. The number of carbonyl (C=O) groups excluding carboxylic acids is 1. The maximum Gasteiger partial charge on any atom is 0.340 e. The van der Waals surface area contributed by atoms with E-state index in [4.69, 9.17) is 34.5 Å². The fraction of sp³-hybridized carbons (Fsp3) is 0.280. The van der Waals surface area contributed by atoms with Gasteiger partial charge in [-0.15, -0.1) is 9.36 Å². The summed E-state index contributed by atoms with van der Waals surface area (Å²) in [6.07, 6.45) is 3.04. The van der Waals surface area contributed by atoms with Crippen LogP contribution in [0.5, 0.6) is 23.0 Å². The molecule has 4 aromatic rings. The summed E-state index contributed by atoms with van der Waals surface area (Å²) in [4.78, 5) is 18.2. The van der Waals surface area contributed by atoms with Crippen LogP contribution in [0.3, 0.4) is 0 Å². The third-order valence-corrected chi connectivity index (χ3v) is 5.63. The van der Waals surface area contributed by atoms with E-state index in [0.29, 0.717) is 56.3 Å². The Morgan fingerprint density at radius 1 is 0.973 bits per heavy atom. The molecule has 0 unspecified atom stereocenters. The van der Waals surface area contributed by atoms with E-state index in [1.807, 2.05) is 6.07 Å². The highest BCUT2D eigenvalue weighted by molar-refractivity contribution is 6.08. The summed E-state index contributed by atoms with van der Waals surface area (Å²) in [5, 5.41) is 4.90. The van der Waals surface area contributed by atoms with Crippen molar-refractivity contribution in [2.45, 2.75) is 13.5 Å². The number of hydrogen-bond acceptors (Lipinski definition) is 9. The number of halogens is 1. The smallest absolute Gasteiger partial charge is 0.340 e. The molecule has 2 heterocycles. The predicted molar refractivity (Wildman–Crippen MR) is 131 cm³/mol. The molecule has 2 N–H and O–H groups in total. The number of methoxy groups -OCH3 is 4. The van der Waals surface area contributed by atoms with Gasteiger partial charge in [-0.1, -0.05) is 6.07 Å². The van der Waals surface area contributed by atoms with E-state index in [-0.39, 0.29) is 30.1 Å². The number of pyridine rings is 1. The van der Waals surface area contributed by atoms with Gasteiger partial charge in [0.25, 0.3) is 6.33 Å². The van der Waals surface area contributed by atoms with E-state index in [0.717, 1.165) is 0 Å². The molecule has 0 spiro atoms. The molecule has 37 heavy (non-hydrogen) atoms. The summed E-state index contributed by atoms with van der Waals surface area (Å²) in [6.45, 7) is 2.11. The highest BCUT2D eigenvalue weighted by Gasteiger charge is 2.27. The molecule has 2 aromatic heterocycles. The van der Waals surface area contributed by atoms with Gasteiger partial charge < -0.3 is 40.7 Å². The number of benzene rings is 2. The normalized spacial score (nSPS) is 10.5. The van der Waals surface area contributed by atoms with Crippen LogP contribution in [0, 0.1) is 0 Å². The lowest BCUT2D eigenvalue weighted by molar-refractivity contribution is -0.639. The van der Waals surface area contributed by atoms with E-state index in [9.17, 15) is 4.79 Å². The van der Waals surface area contributed by atoms with Crippen LogP contribution >= 0.6 is 0 Å². The van der Waals surface area contributed by atoms with Gasteiger partial charge in [0.15, 0.2) is 23.0 Å². The van der Waals surface area contributed by atoms with E-state index >= 15 is 0 Å². The number of rotatable bonds is 9. The van der Waals surface area contributed by atoms with Gasteiger partial charge in [-0.3, -0.25) is 5.84 Å². The third-order valence-electron chi connectivity index (χ3n) is 5.63. The number of hydrogen-bond donors (Lipinski definition) is 1. The average molecular weight is 574 g/mol. The van der Waals surface area contributed by atoms with Crippen LogP contribution in [0.15, 0.2) is 43.0 Å². The second-order valence-corrected chi connectivity index (χ2v) is 7.71. The zero-order valence-electron chi connectivity index (χ0n) is 21.1. The highest BCUT2D eigenvalue weighted by Crippen LogP contribution is 2.41. The molecule has 4 rings (SSSR count). The Kier molecular flexibility index (Phi) is 8.77. The quantitative estimate of drug-likeness (QED) is 0.158. The number of carbonyl (C=O) groups is 1. The summed E-state index contributed by atoms with van der Waals surface area (Å²) in [5.74, 6) is 7.33. The molecule has 2 aromatic carbocycles. The summed E-state index contributed by atoms with van der Waals surface area (Å²) >= 11 is 0. The molecule has 12 heteroatoms. The lowest BCUT2D eigenvalue weighted by Crippen LogP contribution is -3.00. The molecular weight excluding hydrogens is 546 g/mol. The number of nitrogens with zero attached hydrogens (tertiary/aromatic N) is 4. The fourth-order valence-electron chi connectivity index (χ4n) is 4.04. The molecular formula is C25H28BrN5O6. The monoisotopic (exact) mass is 573 g/mol. The van der Waals surface area contributed by atoms with Gasteiger partial charge in [-0.2, -0.15) is 0 Å². The molecule has 0 aliphatic heterocycles. The second kappa shape index (κ2) is 11.8. The Bertz CT molecular complexity index is 1420. The molecule has 0 radical (unpaired) electrons. The Morgan fingerprint density at radius 2 is 1.62 bits per heavy atom. The number of esters is 1. The fourth-order valence-corrected chi connectivity index (χ4v) is 4.04. The summed E-state index contributed by atoms with van der Waals surface area (Å²) in [6, 6.07) is 8.99. The standard InChI is InChI=1S/C25H28N5O6.BrH/c1-6-36-25(31)24-18(12-30-14-29(26)13-27-30)28-17-11-22(35-5)21(34-4)10-16(17)23(24)15-7-8-19(32-2)20(9-15)33-3;/h7-11,13-14H,6,12,26H2,1-5H3;1H/q+1;/p-1. The van der Waals surface area contributed by atoms with Crippen LogP contribution in [0.25, 0.3) is 22.0 Å². The minimum atomic E-state index is -0.519. The van der Waals surface area contributed by atoms with Crippen LogP contribution in [0.2, 0.25) is 0 Å². The molecule has 0 aliphatic carbocycles. The average Bonchev–Trinajstić information content (AvgIpc) is 3.30. The van der Waals surface area contributed by atoms with Crippen LogP contribution in [0.4, 0.5) is 0 Å². The van der Waals surface area contributed by atoms with Crippen molar-refractivity contribution in [1.82, 2.24) is 14.8 Å². The first-order valence-corrected chi connectivity index (χ1v) is 11.1. The van der Waals surface area contributed by atoms with Gasteiger partial charge in [0.05, 0.1) is 51.8 Å². The first-order valence-electron chi connectivity index (χ1n) is 11.1. The first-order chi connectivity index (χ1) is 17.4. The minimum absolute atomic E-state index is 0. The molecule has 0 aliphatic rings. The third kappa shape index (κ3) is 5.38. The summed E-state index contributed by atoms with van der Waals surface area (Å²) in [7, 11) is 6.22. The zero-order valence-corrected chi connectivity index (χ0v) is 22.7. The minimum Gasteiger partial charge on any atom is -1.00 e. The maximum absolute atomic E-state index is 13.4. The first kappa shape index (κ1) is 27.5. The summed E-state index contributed by atoms with van der Waals surface area (Å²) in [5.41, 5.74) is 2.63. The Morgan fingerprint density at radius 3 is 2.22 bits per heavy atom. The maximum atomic E-state index is 13.4. The van der Waals surface area contributed by atoms with Gasteiger partial charge in [0.2, 0.25) is 6.33 Å². The van der Waals surface area contributed by atoms with Gasteiger partial charge in [-0.05, 0) is 30.7 Å². The van der Waals surface area contributed by atoms with E-state index < -0.39 is 5.97 Å². The lowest BCUT2D eigenvalue weighted by atomic mass is 9.93. The molecule has 0 atom stereocenters. The van der Waals surface area contributed by atoms with Crippen molar-refractivity contribution < 1.29 is 50.1 Å². The molecule has 11 nitrogen and oxygen atoms in total. The van der Waals surface area contributed by atoms with Crippen molar-refractivity contribution >= 4 is 16.9 Å². The molecule has 196 valence electrons. The Hall–Kier alpha value is -4.06. The number of ether oxygens (including phenoxy) is 5. The molecule has 0 saturated carbocycles. The van der Waals surface area contributed by atoms with Crippen molar-refractivity contribution in [2.75, 3.05) is 40.9 Å². The van der Waals surface area contributed by atoms with Gasteiger partial charge in [-0.25, -0.2) is 9.78 Å². The molecule has 0 amide bonds. The second-order valence-electron chi connectivity index (χ2n) is 7.71. The van der Waals surface area contributed by atoms with Crippen LogP contribution in [0.1, 0.15) is 23.0 Å². The van der Waals surface area contributed by atoms with E-state index in [2.05, 4.69) is 5.10 Å². The Balaban J connectivity index is 0.00000380. The summed E-state index contributed by atoms with van der Waals surface area (Å²) < 4.78 is 30.4. The highest BCUT2D eigenvalue weighted by atomic mass is 79.9. The molecule has 0 bridgehead atoms. The van der Waals surface area contributed by atoms with Crippen LogP contribution in [-0.2, 0) is 11.3 Å². The lowest BCUT2D eigenvalue weighted by Gasteiger charge is -2.18. The van der Waals surface area contributed by atoms with E-state index in [1.54, 1.807) is 70.6 Å². The van der Waals surface area contributed by atoms with Crippen molar-refractivity contribution in [3.63, 3.8) is 0 Å². The van der Waals surface area contributed by atoms with Crippen molar-refractivity contribution in [2.24, 2.45) is 0 Å². The SMILES string of the molecule is CCOC(=O)c1c(Cn2c[n+](N)cn2)nc2cc(OC)c(OC)cc2c1-c1ccc(OC)c(OC)c1.[Br-]. The Labute approximate surface area is 224 Å².